The van der Waals surface area contributed by atoms with Gasteiger partial charge in [-0.05, 0) is 80.8 Å². The molecule has 286 valence electrons. The second kappa shape index (κ2) is 15.6. The predicted molar refractivity (Wildman–Crippen MR) is 183 cm³/mol. The molecule has 12 nitrogen and oxygen atoms in total. The first-order chi connectivity index (χ1) is 22.7. The Balaban J connectivity index is 1.83. The summed E-state index contributed by atoms with van der Waals surface area (Å²) in [5.41, 5.74) is -3.20. The largest absolute Gasteiger partial charge is 0.459 e. The van der Waals surface area contributed by atoms with E-state index >= 15 is 0 Å². The molecule has 4 heterocycles. The van der Waals surface area contributed by atoms with Gasteiger partial charge in [0.1, 0.15) is 17.8 Å². The molecule has 0 aromatic heterocycles. The van der Waals surface area contributed by atoms with Gasteiger partial charge in [0.15, 0.2) is 12.6 Å². The Kier molecular flexibility index (Phi) is 13.0. The molecule has 3 N–H and O–H groups in total. The maximum atomic E-state index is 14.1. The lowest BCUT2D eigenvalue weighted by atomic mass is 9.76. The number of methoxy groups -OCH3 is 1. The third-order valence-electron chi connectivity index (χ3n) is 12.1. The Bertz CT molecular complexity index is 1110. The number of fused-ring (bicyclic) bond motifs is 2. The number of carbonyl (C=O) groups excluding carboxylic acids is 1. The number of rotatable bonds is 7. The minimum atomic E-state index is -1.75. The number of aliphatic hydroxyl groups excluding tert-OH is 2. The summed E-state index contributed by atoms with van der Waals surface area (Å²) in [4.78, 5) is 16.1. The summed E-state index contributed by atoms with van der Waals surface area (Å²) in [6.07, 6.45) is -4.58. The monoisotopic (exact) mass is 701 g/mol. The molecule has 0 aromatic carbocycles. The van der Waals surface area contributed by atoms with Gasteiger partial charge in [0.2, 0.25) is 0 Å². The summed E-state index contributed by atoms with van der Waals surface area (Å²) < 4.78 is 45.3. The van der Waals surface area contributed by atoms with Gasteiger partial charge in [-0.25, -0.2) is 0 Å². The van der Waals surface area contributed by atoms with Crippen LogP contribution in [0.1, 0.15) is 101 Å². The molecule has 0 radical (unpaired) electrons. The fraction of sp³-hybridized carbons (Fsp3) is 0.973. The highest BCUT2D eigenvalue weighted by Gasteiger charge is 2.57. The van der Waals surface area contributed by atoms with E-state index in [0.717, 1.165) is 0 Å². The van der Waals surface area contributed by atoms with Crippen LogP contribution in [0.3, 0.4) is 0 Å². The SMILES string of the molecule is CC[C@H]1OC(=O)[C@H](C)[C@@H](O[C@H]2C[C@@](C)(OC)C[C@H](C)O2)[C@H](C)[C@@H](O[C@@H]2O[C@H](C)C[C@H](N(C)C)[C@H]2O)[C@@]2(C)C[C@@H](C)[C@H](O2)[C@H](C)[C@@H](O)[C@]1(C)O. The molecular weight excluding hydrogens is 634 g/mol. The molecule has 4 aliphatic heterocycles. The first kappa shape index (κ1) is 40.8. The van der Waals surface area contributed by atoms with Gasteiger partial charge in [0.25, 0.3) is 0 Å². The van der Waals surface area contributed by atoms with Crippen molar-refractivity contribution in [3.63, 3.8) is 0 Å². The fourth-order valence-corrected chi connectivity index (χ4v) is 9.25. The summed E-state index contributed by atoms with van der Waals surface area (Å²) in [6.45, 7) is 19.0. The summed E-state index contributed by atoms with van der Waals surface area (Å²) in [5.74, 6) is -2.47. The standard InChI is InChI=1S/C37H67NO11/c1-14-26-37(10,42)31(40)22(5)29-19(2)16-36(9,49-29)32(48-34-28(39)25(38(11)12)15-20(3)45-34)23(6)30(24(7)33(41)46-26)47-27-18-35(8,43-13)17-21(4)44-27/h19-32,34,39-40,42H,14-18H2,1-13H3/t19-,20-,21+,22+,23+,24-,25+,26-,27+,28-,29+,30+,31-,32-,34+,35+,36-,37-/m1/s1. The molecule has 4 fully saturated rings. The van der Waals surface area contributed by atoms with Gasteiger partial charge in [-0.3, -0.25) is 4.79 Å². The van der Waals surface area contributed by atoms with Crippen molar-refractivity contribution in [2.45, 2.75) is 186 Å². The third kappa shape index (κ3) is 8.50. The van der Waals surface area contributed by atoms with Crippen molar-refractivity contribution < 1.29 is 53.3 Å². The molecule has 49 heavy (non-hydrogen) atoms. The van der Waals surface area contributed by atoms with Crippen LogP contribution in [0.2, 0.25) is 0 Å². The molecule has 0 unspecified atom stereocenters. The number of ether oxygens (including phenoxy) is 7. The van der Waals surface area contributed by atoms with Crippen molar-refractivity contribution in [2.75, 3.05) is 21.2 Å². The fourth-order valence-electron chi connectivity index (χ4n) is 9.25. The molecule has 4 aliphatic rings. The van der Waals surface area contributed by atoms with Gasteiger partial charge in [-0.1, -0.05) is 27.7 Å². The van der Waals surface area contributed by atoms with Gasteiger partial charge in [-0.2, -0.15) is 0 Å². The van der Waals surface area contributed by atoms with E-state index in [9.17, 15) is 20.1 Å². The van der Waals surface area contributed by atoms with Crippen molar-refractivity contribution in [1.29, 1.82) is 0 Å². The molecule has 0 saturated carbocycles. The van der Waals surface area contributed by atoms with Crippen molar-refractivity contribution in [1.82, 2.24) is 4.90 Å². The van der Waals surface area contributed by atoms with Crippen LogP contribution in [-0.4, -0.2) is 132 Å². The quantitative estimate of drug-likeness (QED) is 0.333. The molecule has 0 spiro atoms. The van der Waals surface area contributed by atoms with Crippen LogP contribution < -0.4 is 0 Å². The lowest BCUT2D eigenvalue weighted by Gasteiger charge is -2.48. The zero-order valence-corrected chi connectivity index (χ0v) is 32.3. The molecular formula is C37H67NO11. The Morgan fingerprint density at radius 2 is 1.57 bits per heavy atom. The molecule has 0 aromatic rings. The van der Waals surface area contributed by atoms with E-state index in [2.05, 4.69) is 6.92 Å². The smallest absolute Gasteiger partial charge is 0.311 e. The van der Waals surface area contributed by atoms with Gasteiger partial charge in [-0.15, -0.1) is 0 Å². The molecule has 18 atom stereocenters. The van der Waals surface area contributed by atoms with Crippen molar-refractivity contribution in [2.24, 2.45) is 23.7 Å². The van der Waals surface area contributed by atoms with Crippen LogP contribution in [-0.2, 0) is 38.0 Å². The lowest BCUT2D eigenvalue weighted by Crippen LogP contribution is -2.59. The van der Waals surface area contributed by atoms with Crippen molar-refractivity contribution in [3.05, 3.63) is 0 Å². The number of aliphatic hydroxyl groups is 3. The predicted octanol–water partition coefficient (Wildman–Crippen LogP) is 3.65. The number of carbonyl (C=O) groups is 1. The molecule has 2 bridgehead atoms. The summed E-state index contributed by atoms with van der Waals surface area (Å²) in [5, 5.41) is 35.0. The van der Waals surface area contributed by atoms with Gasteiger partial charge >= 0.3 is 5.97 Å². The van der Waals surface area contributed by atoms with E-state index in [4.69, 9.17) is 33.2 Å². The van der Waals surface area contributed by atoms with Crippen LogP contribution in [0.15, 0.2) is 0 Å². The first-order valence-electron chi connectivity index (χ1n) is 18.5. The van der Waals surface area contributed by atoms with E-state index in [1.165, 1.54) is 6.92 Å². The maximum absolute atomic E-state index is 14.1. The minimum Gasteiger partial charge on any atom is -0.459 e. The number of hydrogen-bond donors (Lipinski definition) is 3. The van der Waals surface area contributed by atoms with E-state index in [-0.39, 0.29) is 24.2 Å². The normalized spacial score (nSPS) is 51.9. The average molecular weight is 702 g/mol. The Labute approximate surface area is 294 Å². The number of nitrogens with zero attached hydrogens (tertiary/aromatic N) is 1. The maximum Gasteiger partial charge on any atom is 0.311 e. The van der Waals surface area contributed by atoms with E-state index in [0.29, 0.717) is 32.1 Å². The van der Waals surface area contributed by atoms with E-state index in [1.54, 1.807) is 14.0 Å². The zero-order chi connectivity index (χ0) is 36.8. The van der Waals surface area contributed by atoms with Crippen LogP contribution in [0.25, 0.3) is 0 Å². The van der Waals surface area contributed by atoms with Crippen LogP contribution >= 0.6 is 0 Å². The lowest BCUT2D eigenvalue weighted by molar-refractivity contribution is -0.311. The topological polar surface area (TPSA) is 146 Å². The summed E-state index contributed by atoms with van der Waals surface area (Å²) in [7, 11) is 5.54. The van der Waals surface area contributed by atoms with E-state index in [1.807, 2.05) is 67.5 Å². The Hall–Kier alpha value is -0.930. The highest BCUT2D eigenvalue weighted by atomic mass is 16.7. The van der Waals surface area contributed by atoms with Crippen LogP contribution in [0.4, 0.5) is 0 Å². The second-order valence-corrected chi connectivity index (χ2v) is 16.8. The Morgan fingerprint density at radius 1 is 0.918 bits per heavy atom. The molecule has 0 aliphatic carbocycles. The first-order valence-corrected chi connectivity index (χ1v) is 18.5. The van der Waals surface area contributed by atoms with Crippen molar-refractivity contribution >= 4 is 5.97 Å². The average Bonchev–Trinajstić information content (AvgIpc) is 3.34. The number of cyclic esters (lactones) is 1. The molecule has 4 rings (SSSR count). The highest BCUT2D eigenvalue weighted by Crippen LogP contribution is 2.48. The molecule has 12 heteroatoms. The minimum absolute atomic E-state index is 0.0262. The van der Waals surface area contributed by atoms with Gasteiger partial charge in [0, 0.05) is 37.8 Å². The number of likely N-dealkylation sites (N-methyl/N-ethyl adjacent to an activating group) is 1. The molecule has 0 amide bonds. The second-order valence-electron chi connectivity index (χ2n) is 16.8. The van der Waals surface area contributed by atoms with Crippen LogP contribution in [0.5, 0.6) is 0 Å². The van der Waals surface area contributed by atoms with Gasteiger partial charge < -0.3 is 53.4 Å². The van der Waals surface area contributed by atoms with Gasteiger partial charge in [0.05, 0.1) is 53.7 Å². The third-order valence-corrected chi connectivity index (χ3v) is 12.1. The van der Waals surface area contributed by atoms with Crippen LogP contribution in [0, 0.1) is 23.7 Å². The Morgan fingerprint density at radius 3 is 2.16 bits per heavy atom. The summed E-state index contributed by atoms with van der Waals surface area (Å²) >= 11 is 0. The summed E-state index contributed by atoms with van der Waals surface area (Å²) in [6, 6.07) is -0.198. The number of esters is 1. The number of hydrogen-bond acceptors (Lipinski definition) is 12. The zero-order valence-electron chi connectivity index (χ0n) is 32.3. The highest BCUT2D eigenvalue weighted by molar-refractivity contribution is 5.73. The molecule has 4 saturated heterocycles. The van der Waals surface area contributed by atoms with Crippen molar-refractivity contribution in [3.8, 4) is 0 Å². The van der Waals surface area contributed by atoms with E-state index < -0.39 is 89.7 Å².